The molecule has 0 aliphatic carbocycles. The maximum absolute atomic E-state index is 13.1. The highest BCUT2D eigenvalue weighted by atomic mass is 16.7. The summed E-state index contributed by atoms with van der Waals surface area (Å²) < 4.78 is 50.0. The highest BCUT2D eigenvalue weighted by Gasteiger charge is 2.52. The number of likely N-dealkylation sites (N-methyl/N-ethyl adjacent to an activating group) is 2. The van der Waals surface area contributed by atoms with Gasteiger partial charge in [-0.05, 0) is 93.9 Å². The normalized spacial score (nSPS) is 45.8. The largest absolute Gasteiger partial charge is 0.462 e. The Morgan fingerprint density at radius 1 is 0.864 bits per heavy atom. The Labute approximate surface area is 351 Å². The third-order valence-corrected chi connectivity index (χ3v) is 12.4. The van der Waals surface area contributed by atoms with Crippen LogP contribution in [-0.4, -0.2) is 181 Å². The van der Waals surface area contributed by atoms with Crippen molar-refractivity contribution in [2.24, 2.45) is 11.8 Å². The zero-order chi connectivity index (χ0) is 43.8. The summed E-state index contributed by atoms with van der Waals surface area (Å²) in [5, 5.41) is 45.1. The van der Waals surface area contributed by atoms with Gasteiger partial charge in [0, 0.05) is 32.4 Å². The maximum Gasteiger partial charge on any atom is 0.308 e. The summed E-state index contributed by atoms with van der Waals surface area (Å²) in [6.45, 7) is 10.8. The number of carbonyl (C=O) groups excluding carboxylic acids is 2. The van der Waals surface area contributed by atoms with Crippen molar-refractivity contribution >= 4 is 12.3 Å². The Balaban J connectivity index is 1.66. The van der Waals surface area contributed by atoms with Crippen molar-refractivity contribution in [2.45, 2.75) is 190 Å². The van der Waals surface area contributed by atoms with E-state index in [1.807, 2.05) is 52.2 Å². The molecule has 0 aromatic rings. The minimum Gasteiger partial charge on any atom is -0.462 e. The lowest BCUT2D eigenvalue weighted by atomic mass is 9.82. The first-order valence-corrected chi connectivity index (χ1v) is 21.3. The molecule has 3 saturated heterocycles. The monoisotopic (exact) mass is 843 g/mol. The van der Waals surface area contributed by atoms with E-state index < -0.39 is 110 Å². The van der Waals surface area contributed by atoms with Gasteiger partial charge in [-0.1, -0.05) is 31.2 Å². The lowest BCUT2D eigenvalue weighted by Crippen LogP contribution is -2.65. The Bertz CT molecular complexity index is 1370. The summed E-state index contributed by atoms with van der Waals surface area (Å²) in [4.78, 5) is 29.5. The molecule has 4 rings (SSSR count). The molecular weight excluding hydrogens is 768 g/mol. The van der Waals surface area contributed by atoms with E-state index in [1.165, 1.54) is 14.0 Å². The Morgan fingerprint density at radius 3 is 2.17 bits per heavy atom. The topological polar surface area (TPSA) is 195 Å². The van der Waals surface area contributed by atoms with Crippen LogP contribution in [0.4, 0.5) is 0 Å². The molecule has 0 aromatic heterocycles. The molecule has 4 aliphatic rings. The second kappa shape index (κ2) is 22.5. The van der Waals surface area contributed by atoms with Crippen molar-refractivity contribution in [1.29, 1.82) is 0 Å². The number of nitrogens with zero attached hydrogens (tertiary/aromatic N) is 2. The molecule has 340 valence electrons. The zero-order valence-electron chi connectivity index (χ0n) is 37.0. The average Bonchev–Trinajstić information content (AvgIpc) is 3.13. The number of hydrogen-bond donors (Lipinski definition) is 4. The van der Waals surface area contributed by atoms with E-state index in [1.54, 1.807) is 39.8 Å². The highest BCUT2D eigenvalue weighted by molar-refractivity contribution is 5.70. The lowest BCUT2D eigenvalue weighted by molar-refractivity contribution is -0.344. The van der Waals surface area contributed by atoms with Gasteiger partial charge in [-0.3, -0.25) is 4.79 Å². The van der Waals surface area contributed by atoms with Crippen molar-refractivity contribution in [2.75, 3.05) is 35.3 Å². The molecule has 0 amide bonds. The van der Waals surface area contributed by atoms with Crippen LogP contribution in [0, 0.1) is 11.8 Å². The lowest BCUT2D eigenvalue weighted by Gasteiger charge is -2.50. The van der Waals surface area contributed by atoms with Gasteiger partial charge in [0.15, 0.2) is 18.9 Å². The van der Waals surface area contributed by atoms with Gasteiger partial charge < -0.3 is 72.9 Å². The molecular formula is C43H74N2O14. The van der Waals surface area contributed by atoms with Crippen molar-refractivity contribution < 1.29 is 67.9 Å². The Hall–Kier alpha value is -1.90. The predicted octanol–water partition coefficient (Wildman–Crippen LogP) is 2.33. The number of rotatable bonds is 11. The van der Waals surface area contributed by atoms with Crippen molar-refractivity contribution in [3.8, 4) is 0 Å². The van der Waals surface area contributed by atoms with E-state index >= 15 is 0 Å². The van der Waals surface area contributed by atoms with Gasteiger partial charge in [0.1, 0.15) is 36.8 Å². The number of hydrogen-bond acceptors (Lipinski definition) is 16. The van der Waals surface area contributed by atoms with Gasteiger partial charge in [-0.25, -0.2) is 0 Å². The Kier molecular flexibility index (Phi) is 18.9. The van der Waals surface area contributed by atoms with Crippen molar-refractivity contribution in [3.63, 3.8) is 0 Å². The third-order valence-electron chi connectivity index (χ3n) is 12.4. The highest BCUT2D eigenvalue weighted by Crippen LogP contribution is 2.37. The van der Waals surface area contributed by atoms with E-state index in [-0.39, 0.29) is 30.9 Å². The molecule has 0 radical (unpaired) electrons. The van der Waals surface area contributed by atoms with Gasteiger partial charge in [0.2, 0.25) is 0 Å². The quantitative estimate of drug-likeness (QED) is 0.175. The second-order valence-corrected chi connectivity index (χ2v) is 17.8. The van der Waals surface area contributed by atoms with Gasteiger partial charge in [0.05, 0.1) is 54.7 Å². The first kappa shape index (κ1) is 49.8. The SMILES string of the molecule is CO[C@@H]1[C@@H](OC2OC(C)C(OC3CC(C)(O)C(O)C(C)O3)C(N(C)C)C2O)[C@@H](CC=O)C[C@@H](C)[C@@H](OC2CCC(N(C)C)C(C)O2)/C=C\C=C/C[C@@H](C)OC(=O)C[C@H]1O. The van der Waals surface area contributed by atoms with Crippen LogP contribution in [0.5, 0.6) is 0 Å². The second-order valence-electron chi connectivity index (χ2n) is 17.8. The summed E-state index contributed by atoms with van der Waals surface area (Å²) in [5.74, 6) is -1.47. The maximum atomic E-state index is 13.1. The number of aliphatic hydroxyl groups is 4. The van der Waals surface area contributed by atoms with Crippen LogP contribution in [0.25, 0.3) is 0 Å². The minimum absolute atomic E-state index is 0.00885. The number of methoxy groups -OCH3 is 1. The number of aldehydes is 1. The number of ether oxygens (including phenoxy) is 8. The number of esters is 1. The molecule has 4 aliphatic heterocycles. The molecule has 4 N–H and O–H groups in total. The molecule has 0 aromatic carbocycles. The van der Waals surface area contributed by atoms with Crippen LogP contribution in [0.2, 0.25) is 0 Å². The van der Waals surface area contributed by atoms with E-state index in [0.717, 1.165) is 12.7 Å². The van der Waals surface area contributed by atoms with E-state index in [2.05, 4.69) is 4.90 Å². The number of carbonyl (C=O) groups is 2. The molecule has 16 heteroatoms. The molecule has 19 atom stereocenters. The van der Waals surface area contributed by atoms with Crippen LogP contribution >= 0.6 is 0 Å². The molecule has 12 unspecified atom stereocenters. The van der Waals surface area contributed by atoms with Gasteiger partial charge in [-0.15, -0.1) is 0 Å². The molecule has 0 saturated carbocycles. The fourth-order valence-electron chi connectivity index (χ4n) is 9.10. The fraction of sp³-hybridized carbons (Fsp3) is 0.860. The van der Waals surface area contributed by atoms with Crippen molar-refractivity contribution in [1.82, 2.24) is 9.80 Å². The number of allylic oxidation sites excluding steroid dienone is 2. The molecule has 16 nitrogen and oxygen atoms in total. The third kappa shape index (κ3) is 13.3. The van der Waals surface area contributed by atoms with Crippen LogP contribution in [-0.2, 0) is 47.5 Å². The van der Waals surface area contributed by atoms with Crippen LogP contribution in [0.3, 0.4) is 0 Å². The summed E-state index contributed by atoms with van der Waals surface area (Å²) in [7, 11) is 9.03. The van der Waals surface area contributed by atoms with Gasteiger partial charge in [-0.2, -0.15) is 0 Å². The van der Waals surface area contributed by atoms with E-state index in [9.17, 15) is 30.0 Å². The molecule has 4 heterocycles. The van der Waals surface area contributed by atoms with Crippen LogP contribution < -0.4 is 0 Å². The van der Waals surface area contributed by atoms with Gasteiger partial charge >= 0.3 is 5.97 Å². The number of aliphatic hydroxyl groups excluding tert-OH is 3. The van der Waals surface area contributed by atoms with Crippen LogP contribution in [0.15, 0.2) is 24.3 Å². The summed E-state index contributed by atoms with van der Waals surface area (Å²) in [6, 6.07) is -0.466. The molecule has 3 fully saturated rings. The van der Waals surface area contributed by atoms with Crippen molar-refractivity contribution in [3.05, 3.63) is 24.3 Å². The van der Waals surface area contributed by atoms with Gasteiger partial charge in [0.25, 0.3) is 0 Å². The zero-order valence-corrected chi connectivity index (χ0v) is 37.0. The smallest absolute Gasteiger partial charge is 0.308 e. The predicted molar refractivity (Wildman–Crippen MR) is 217 cm³/mol. The standard InChI is InChI=1S/C43H74N2O14/c1-24-21-29(19-20-46)39(59-42-37(49)36(45(9)10)38(27(4)56-42)58-35-23-43(6,51)41(50)28(5)55-35)40(52-11)31(47)22-33(48)53-25(2)15-13-12-14-16-32(24)57-34-18-17-30(44(7)8)26(3)54-34/h12-14,16,20,24-32,34-42,47,49-51H,15,17-19,21-23H2,1-11H3/b13-12-,16-14-/t24-,25-,26?,27?,28?,29+,30?,31-,32+,34?,35?,36?,37?,38?,39+,40+,41?,42?,43?/m1/s1. The summed E-state index contributed by atoms with van der Waals surface area (Å²) in [5.41, 5.74) is -1.47. The summed E-state index contributed by atoms with van der Waals surface area (Å²) in [6.07, 6.45) is -1.56. The van der Waals surface area contributed by atoms with E-state index in [0.29, 0.717) is 19.3 Å². The van der Waals surface area contributed by atoms with Crippen LogP contribution in [0.1, 0.15) is 86.5 Å². The molecule has 59 heavy (non-hydrogen) atoms. The average molecular weight is 843 g/mol. The minimum atomic E-state index is -1.47. The molecule has 0 spiro atoms. The van der Waals surface area contributed by atoms with E-state index in [4.69, 9.17) is 37.9 Å². The Morgan fingerprint density at radius 2 is 1.56 bits per heavy atom. The first-order valence-electron chi connectivity index (χ1n) is 21.3. The molecule has 0 bridgehead atoms. The first-order chi connectivity index (χ1) is 27.8. The fourth-order valence-corrected chi connectivity index (χ4v) is 9.10. The number of cyclic esters (lactones) is 1. The summed E-state index contributed by atoms with van der Waals surface area (Å²) >= 11 is 0.